The standard InChI is InChI=1S/C12H24N2O2/c1-9-6-14(7-10(2)16-9)8-11(15)13-12(3,4)5/h9-10H,6-8H2,1-5H3,(H,13,15). The van der Waals surface area contributed by atoms with E-state index in [2.05, 4.69) is 10.2 Å². The molecule has 2 atom stereocenters. The van der Waals surface area contributed by atoms with Crippen molar-refractivity contribution in [1.82, 2.24) is 10.2 Å². The summed E-state index contributed by atoms with van der Waals surface area (Å²) in [5.74, 6) is 0.0915. The molecule has 2 unspecified atom stereocenters. The second-order valence-corrected chi connectivity index (χ2v) is 5.75. The summed E-state index contributed by atoms with van der Waals surface area (Å²) in [6.07, 6.45) is 0.428. The van der Waals surface area contributed by atoms with Gasteiger partial charge in [-0.05, 0) is 34.6 Å². The number of carbonyl (C=O) groups excluding carboxylic acids is 1. The lowest BCUT2D eigenvalue weighted by atomic mass is 10.1. The van der Waals surface area contributed by atoms with E-state index in [1.807, 2.05) is 34.6 Å². The van der Waals surface area contributed by atoms with Crippen molar-refractivity contribution >= 4 is 5.91 Å². The lowest BCUT2D eigenvalue weighted by Crippen LogP contribution is -2.51. The van der Waals surface area contributed by atoms with Crippen LogP contribution in [0, 0.1) is 0 Å². The zero-order valence-corrected chi connectivity index (χ0v) is 11.0. The fourth-order valence-corrected chi connectivity index (χ4v) is 2.07. The zero-order valence-electron chi connectivity index (χ0n) is 11.0. The first kappa shape index (κ1) is 13.5. The molecule has 16 heavy (non-hydrogen) atoms. The number of hydrogen-bond acceptors (Lipinski definition) is 3. The Morgan fingerprint density at radius 3 is 2.25 bits per heavy atom. The van der Waals surface area contributed by atoms with E-state index in [0.717, 1.165) is 13.1 Å². The van der Waals surface area contributed by atoms with Crippen LogP contribution >= 0.6 is 0 Å². The van der Waals surface area contributed by atoms with Crippen molar-refractivity contribution in [3.63, 3.8) is 0 Å². The summed E-state index contributed by atoms with van der Waals surface area (Å²) < 4.78 is 5.63. The van der Waals surface area contributed by atoms with Crippen molar-refractivity contribution in [3.8, 4) is 0 Å². The monoisotopic (exact) mass is 228 g/mol. The number of nitrogens with one attached hydrogen (secondary N) is 1. The van der Waals surface area contributed by atoms with Gasteiger partial charge in [0.1, 0.15) is 0 Å². The number of nitrogens with zero attached hydrogens (tertiary/aromatic N) is 1. The third kappa shape index (κ3) is 4.94. The fraction of sp³-hybridized carbons (Fsp3) is 0.917. The largest absolute Gasteiger partial charge is 0.373 e. The van der Waals surface area contributed by atoms with Gasteiger partial charge in [-0.15, -0.1) is 0 Å². The van der Waals surface area contributed by atoms with Crippen LogP contribution in [0.2, 0.25) is 0 Å². The minimum Gasteiger partial charge on any atom is -0.373 e. The van der Waals surface area contributed by atoms with E-state index >= 15 is 0 Å². The minimum atomic E-state index is -0.152. The first-order valence-corrected chi connectivity index (χ1v) is 5.95. The first-order chi connectivity index (χ1) is 7.26. The van der Waals surface area contributed by atoms with Crippen LogP contribution in [0.5, 0.6) is 0 Å². The van der Waals surface area contributed by atoms with E-state index in [1.165, 1.54) is 0 Å². The molecule has 0 spiro atoms. The molecule has 0 radical (unpaired) electrons. The molecule has 1 aliphatic heterocycles. The minimum absolute atomic E-state index is 0.0915. The normalized spacial score (nSPS) is 27.8. The summed E-state index contributed by atoms with van der Waals surface area (Å²) in [5.41, 5.74) is -0.152. The molecule has 0 aromatic carbocycles. The summed E-state index contributed by atoms with van der Waals surface area (Å²) in [7, 11) is 0. The van der Waals surface area contributed by atoms with Gasteiger partial charge < -0.3 is 10.1 Å². The van der Waals surface area contributed by atoms with Gasteiger partial charge in [-0.1, -0.05) is 0 Å². The van der Waals surface area contributed by atoms with Gasteiger partial charge in [0.2, 0.25) is 5.91 Å². The highest BCUT2D eigenvalue weighted by Crippen LogP contribution is 2.10. The van der Waals surface area contributed by atoms with Crippen LogP contribution < -0.4 is 5.32 Å². The first-order valence-electron chi connectivity index (χ1n) is 5.95. The van der Waals surface area contributed by atoms with Crippen LogP contribution in [-0.2, 0) is 9.53 Å². The summed E-state index contributed by atoms with van der Waals surface area (Å²) in [4.78, 5) is 13.9. The Labute approximate surface area is 98.3 Å². The van der Waals surface area contributed by atoms with Crippen LogP contribution in [0.25, 0.3) is 0 Å². The summed E-state index contributed by atoms with van der Waals surface area (Å²) >= 11 is 0. The molecular weight excluding hydrogens is 204 g/mol. The number of ether oxygens (including phenoxy) is 1. The predicted molar refractivity (Wildman–Crippen MR) is 64.3 cm³/mol. The Morgan fingerprint density at radius 1 is 1.31 bits per heavy atom. The number of hydrogen-bond donors (Lipinski definition) is 1. The Hall–Kier alpha value is -0.610. The number of morpholine rings is 1. The van der Waals surface area contributed by atoms with Gasteiger partial charge in [0, 0.05) is 18.6 Å². The van der Waals surface area contributed by atoms with Crippen molar-refractivity contribution in [3.05, 3.63) is 0 Å². The molecule has 1 heterocycles. The summed E-state index contributed by atoms with van der Waals surface area (Å²) in [5, 5.41) is 2.97. The van der Waals surface area contributed by atoms with Gasteiger partial charge in [-0.25, -0.2) is 0 Å². The summed E-state index contributed by atoms with van der Waals surface area (Å²) in [6.45, 7) is 12.2. The molecule has 0 aliphatic carbocycles. The molecule has 1 rings (SSSR count). The highest BCUT2D eigenvalue weighted by molar-refractivity contribution is 5.78. The molecule has 0 saturated carbocycles. The van der Waals surface area contributed by atoms with E-state index in [9.17, 15) is 4.79 Å². The third-order valence-electron chi connectivity index (χ3n) is 2.38. The van der Waals surface area contributed by atoms with E-state index in [-0.39, 0.29) is 23.7 Å². The molecular formula is C12H24N2O2. The van der Waals surface area contributed by atoms with Gasteiger partial charge >= 0.3 is 0 Å². The van der Waals surface area contributed by atoms with Crippen LogP contribution in [-0.4, -0.2) is 48.2 Å². The molecule has 4 heteroatoms. The van der Waals surface area contributed by atoms with Crippen molar-refractivity contribution in [1.29, 1.82) is 0 Å². The Bertz CT molecular complexity index is 238. The topological polar surface area (TPSA) is 41.6 Å². The van der Waals surface area contributed by atoms with Gasteiger partial charge in [-0.3, -0.25) is 9.69 Å². The molecule has 4 nitrogen and oxygen atoms in total. The number of amides is 1. The van der Waals surface area contributed by atoms with Crippen LogP contribution in [0.3, 0.4) is 0 Å². The molecule has 0 aromatic heterocycles. The molecule has 0 bridgehead atoms. The van der Waals surface area contributed by atoms with Crippen LogP contribution in [0.1, 0.15) is 34.6 Å². The maximum absolute atomic E-state index is 11.7. The Kier molecular flexibility index (Phi) is 4.33. The van der Waals surface area contributed by atoms with Crippen molar-refractivity contribution in [2.24, 2.45) is 0 Å². The highest BCUT2D eigenvalue weighted by atomic mass is 16.5. The summed E-state index contributed by atoms with van der Waals surface area (Å²) in [6, 6.07) is 0. The third-order valence-corrected chi connectivity index (χ3v) is 2.38. The molecule has 94 valence electrons. The fourth-order valence-electron chi connectivity index (χ4n) is 2.07. The SMILES string of the molecule is CC1CN(CC(=O)NC(C)(C)C)CC(C)O1. The van der Waals surface area contributed by atoms with E-state index in [4.69, 9.17) is 4.74 Å². The lowest BCUT2D eigenvalue weighted by molar-refractivity contribution is -0.127. The van der Waals surface area contributed by atoms with Crippen molar-refractivity contribution < 1.29 is 9.53 Å². The van der Waals surface area contributed by atoms with E-state index < -0.39 is 0 Å². The van der Waals surface area contributed by atoms with E-state index in [0.29, 0.717) is 6.54 Å². The smallest absolute Gasteiger partial charge is 0.234 e. The molecule has 1 saturated heterocycles. The number of carbonyl (C=O) groups is 1. The van der Waals surface area contributed by atoms with Crippen LogP contribution in [0.4, 0.5) is 0 Å². The van der Waals surface area contributed by atoms with Gasteiger partial charge in [-0.2, -0.15) is 0 Å². The Morgan fingerprint density at radius 2 is 1.81 bits per heavy atom. The van der Waals surface area contributed by atoms with Gasteiger partial charge in [0.15, 0.2) is 0 Å². The second-order valence-electron chi connectivity index (χ2n) is 5.75. The van der Waals surface area contributed by atoms with Crippen molar-refractivity contribution in [2.45, 2.75) is 52.4 Å². The molecule has 0 aromatic rings. The van der Waals surface area contributed by atoms with Crippen LogP contribution in [0.15, 0.2) is 0 Å². The zero-order chi connectivity index (χ0) is 12.3. The second kappa shape index (κ2) is 5.15. The number of rotatable bonds is 2. The quantitative estimate of drug-likeness (QED) is 0.767. The molecule has 1 N–H and O–H groups in total. The Balaban J connectivity index is 2.39. The average Bonchev–Trinajstić information content (AvgIpc) is 1.96. The van der Waals surface area contributed by atoms with Gasteiger partial charge in [0.25, 0.3) is 0 Å². The molecule has 1 amide bonds. The van der Waals surface area contributed by atoms with E-state index in [1.54, 1.807) is 0 Å². The maximum Gasteiger partial charge on any atom is 0.234 e. The highest BCUT2D eigenvalue weighted by Gasteiger charge is 2.24. The molecule has 1 aliphatic rings. The maximum atomic E-state index is 11.7. The molecule has 1 fully saturated rings. The lowest BCUT2D eigenvalue weighted by Gasteiger charge is -2.35. The van der Waals surface area contributed by atoms with Gasteiger partial charge in [0.05, 0.1) is 18.8 Å². The van der Waals surface area contributed by atoms with Crippen molar-refractivity contribution in [2.75, 3.05) is 19.6 Å². The predicted octanol–water partition coefficient (Wildman–Crippen LogP) is 1.01. The average molecular weight is 228 g/mol.